The first-order valence-electron chi connectivity index (χ1n) is 8.31. The van der Waals surface area contributed by atoms with Gasteiger partial charge in [-0.15, -0.1) is 0 Å². The average molecular weight is 344 g/mol. The summed E-state index contributed by atoms with van der Waals surface area (Å²) in [4.78, 5) is 35.8. The molecule has 1 saturated carbocycles. The molecule has 2 N–H and O–H groups in total. The maximum absolute atomic E-state index is 12.3. The van der Waals surface area contributed by atoms with Crippen LogP contribution >= 0.6 is 11.8 Å². The Balaban J connectivity index is 2.50. The number of thioether (sulfide) groups is 1. The summed E-state index contributed by atoms with van der Waals surface area (Å²) in [5.74, 6) is 0.134. The SMILES string of the molecule is CC(=O)SCCN(CCC1CCCCC1)C(=O)N[C@H](C)C(=O)O. The minimum absolute atomic E-state index is 0.0246. The smallest absolute Gasteiger partial charge is 0.325 e. The number of carboxylic acid groups (broad SMARTS) is 1. The van der Waals surface area contributed by atoms with E-state index in [1.165, 1.54) is 57.7 Å². The van der Waals surface area contributed by atoms with Gasteiger partial charge in [-0.05, 0) is 19.3 Å². The van der Waals surface area contributed by atoms with Crippen molar-refractivity contribution in [1.29, 1.82) is 0 Å². The molecular weight excluding hydrogens is 316 g/mol. The highest BCUT2D eigenvalue weighted by Crippen LogP contribution is 2.26. The molecule has 1 fully saturated rings. The second kappa shape index (κ2) is 10.5. The number of hydrogen-bond donors (Lipinski definition) is 2. The van der Waals surface area contributed by atoms with E-state index in [1.54, 1.807) is 4.90 Å². The van der Waals surface area contributed by atoms with Crippen molar-refractivity contribution in [2.24, 2.45) is 5.92 Å². The molecular formula is C16H28N2O4S. The van der Waals surface area contributed by atoms with E-state index in [-0.39, 0.29) is 11.1 Å². The summed E-state index contributed by atoms with van der Waals surface area (Å²) < 4.78 is 0. The van der Waals surface area contributed by atoms with Gasteiger partial charge in [-0.3, -0.25) is 9.59 Å². The first-order chi connectivity index (χ1) is 10.9. The Morgan fingerprint density at radius 3 is 2.43 bits per heavy atom. The van der Waals surface area contributed by atoms with Crippen LogP contribution in [0.25, 0.3) is 0 Å². The Bertz CT molecular complexity index is 411. The van der Waals surface area contributed by atoms with Crippen LogP contribution in [0.5, 0.6) is 0 Å². The van der Waals surface area contributed by atoms with Crippen LogP contribution in [0, 0.1) is 5.92 Å². The van der Waals surface area contributed by atoms with Crippen LogP contribution in [0.4, 0.5) is 4.79 Å². The van der Waals surface area contributed by atoms with Gasteiger partial charge in [0, 0.05) is 25.8 Å². The quantitative estimate of drug-likeness (QED) is 0.707. The van der Waals surface area contributed by atoms with Crippen molar-refractivity contribution in [3.8, 4) is 0 Å². The minimum Gasteiger partial charge on any atom is -0.480 e. The number of aliphatic carboxylic acids is 1. The molecule has 1 aliphatic carbocycles. The number of carbonyl (C=O) groups excluding carboxylic acids is 2. The summed E-state index contributed by atoms with van der Waals surface area (Å²) >= 11 is 1.19. The maximum atomic E-state index is 12.3. The number of hydrogen-bond acceptors (Lipinski definition) is 4. The van der Waals surface area contributed by atoms with Gasteiger partial charge >= 0.3 is 12.0 Å². The van der Waals surface area contributed by atoms with Gasteiger partial charge in [-0.1, -0.05) is 43.9 Å². The van der Waals surface area contributed by atoms with Crippen LogP contribution in [0.1, 0.15) is 52.4 Å². The molecule has 132 valence electrons. The zero-order valence-electron chi connectivity index (χ0n) is 14.0. The molecule has 0 aliphatic heterocycles. The standard InChI is InChI=1S/C16H28N2O4S/c1-12(15(20)21)17-16(22)18(10-11-23-13(2)19)9-8-14-6-4-3-5-7-14/h12,14H,3-11H2,1-2H3,(H,17,22)(H,20,21)/t12-/m1/s1. The molecule has 0 radical (unpaired) electrons. The fourth-order valence-corrected chi connectivity index (χ4v) is 3.37. The van der Waals surface area contributed by atoms with Crippen molar-refractivity contribution in [2.75, 3.05) is 18.8 Å². The van der Waals surface area contributed by atoms with E-state index in [1.807, 2.05) is 0 Å². The number of nitrogens with one attached hydrogen (secondary N) is 1. The molecule has 0 aromatic carbocycles. The molecule has 0 heterocycles. The van der Waals surface area contributed by atoms with Gasteiger partial charge < -0.3 is 15.3 Å². The van der Waals surface area contributed by atoms with Crippen LogP contribution in [0.3, 0.4) is 0 Å². The van der Waals surface area contributed by atoms with E-state index in [2.05, 4.69) is 5.32 Å². The summed E-state index contributed by atoms with van der Waals surface area (Å²) in [6.45, 7) is 4.02. The van der Waals surface area contributed by atoms with Crippen molar-refractivity contribution < 1.29 is 19.5 Å². The van der Waals surface area contributed by atoms with Gasteiger partial charge in [-0.25, -0.2) is 4.79 Å². The largest absolute Gasteiger partial charge is 0.480 e. The molecule has 23 heavy (non-hydrogen) atoms. The number of carbonyl (C=O) groups is 3. The van der Waals surface area contributed by atoms with E-state index in [4.69, 9.17) is 5.11 Å². The number of rotatable bonds is 8. The zero-order chi connectivity index (χ0) is 17.2. The molecule has 2 amide bonds. The van der Waals surface area contributed by atoms with Crippen molar-refractivity contribution in [3.05, 3.63) is 0 Å². The highest BCUT2D eigenvalue weighted by molar-refractivity contribution is 8.13. The topological polar surface area (TPSA) is 86.7 Å². The number of nitrogens with zero attached hydrogens (tertiary/aromatic N) is 1. The van der Waals surface area contributed by atoms with E-state index in [0.29, 0.717) is 24.8 Å². The maximum Gasteiger partial charge on any atom is 0.325 e. The van der Waals surface area contributed by atoms with Gasteiger partial charge in [0.2, 0.25) is 0 Å². The van der Waals surface area contributed by atoms with Gasteiger partial charge in [0.1, 0.15) is 6.04 Å². The Labute approximate surface area is 142 Å². The fourth-order valence-electron chi connectivity index (χ4n) is 2.77. The molecule has 0 spiro atoms. The van der Waals surface area contributed by atoms with Gasteiger partial charge in [0.05, 0.1) is 0 Å². The summed E-state index contributed by atoms with van der Waals surface area (Å²) in [7, 11) is 0. The third kappa shape index (κ3) is 8.25. The summed E-state index contributed by atoms with van der Waals surface area (Å²) in [6.07, 6.45) is 7.18. The second-order valence-corrected chi connectivity index (χ2v) is 7.40. The highest BCUT2D eigenvalue weighted by atomic mass is 32.2. The lowest BCUT2D eigenvalue weighted by Gasteiger charge is -2.27. The van der Waals surface area contributed by atoms with Crippen LogP contribution in [-0.4, -0.2) is 52.0 Å². The molecule has 1 rings (SSSR count). The van der Waals surface area contributed by atoms with Crippen LogP contribution in [-0.2, 0) is 9.59 Å². The summed E-state index contributed by atoms with van der Waals surface area (Å²) in [6, 6.07) is -1.28. The number of amides is 2. The normalized spacial score (nSPS) is 16.6. The molecule has 1 atom stereocenters. The monoisotopic (exact) mass is 344 g/mol. The van der Waals surface area contributed by atoms with Crippen molar-refractivity contribution in [3.63, 3.8) is 0 Å². The van der Waals surface area contributed by atoms with Gasteiger partial charge in [0.15, 0.2) is 5.12 Å². The van der Waals surface area contributed by atoms with Gasteiger partial charge in [0.25, 0.3) is 0 Å². The third-order valence-corrected chi connectivity index (χ3v) is 4.99. The summed E-state index contributed by atoms with van der Waals surface area (Å²) in [5, 5.41) is 11.4. The van der Waals surface area contributed by atoms with E-state index in [0.717, 1.165) is 6.42 Å². The molecule has 0 bridgehead atoms. The van der Waals surface area contributed by atoms with E-state index in [9.17, 15) is 14.4 Å². The molecule has 1 aliphatic rings. The van der Waals surface area contributed by atoms with E-state index >= 15 is 0 Å². The second-order valence-electron chi connectivity index (χ2n) is 6.13. The number of carboxylic acids is 1. The summed E-state index contributed by atoms with van der Waals surface area (Å²) in [5.41, 5.74) is 0. The van der Waals surface area contributed by atoms with Crippen LogP contribution in [0.15, 0.2) is 0 Å². The van der Waals surface area contributed by atoms with Crippen LogP contribution in [0.2, 0.25) is 0 Å². The van der Waals surface area contributed by atoms with Crippen molar-refractivity contribution in [2.45, 2.75) is 58.4 Å². The highest BCUT2D eigenvalue weighted by Gasteiger charge is 2.21. The van der Waals surface area contributed by atoms with Crippen molar-refractivity contribution >= 4 is 28.9 Å². The Morgan fingerprint density at radius 1 is 1.22 bits per heavy atom. The lowest BCUT2D eigenvalue weighted by Crippen LogP contribution is -2.48. The fraction of sp³-hybridized carbons (Fsp3) is 0.812. The molecule has 7 heteroatoms. The van der Waals surface area contributed by atoms with Gasteiger partial charge in [-0.2, -0.15) is 0 Å². The molecule has 0 unspecified atom stereocenters. The lowest BCUT2D eigenvalue weighted by molar-refractivity contribution is -0.138. The predicted molar refractivity (Wildman–Crippen MR) is 91.5 cm³/mol. The predicted octanol–water partition coefficient (Wildman–Crippen LogP) is 2.72. The lowest BCUT2D eigenvalue weighted by atomic mass is 9.87. The zero-order valence-corrected chi connectivity index (χ0v) is 14.9. The first-order valence-corrected chi connectivity index (χ1v) is 9.30. The van der Waals surface area contributed by atoms with Crippen molar-refractivity contribution in [1.82, 2.24) is 10.2 Å². The Hall–Kier alpha value is -1.24. The average Bonchev–Trinajstić information content (AvgIpc) is 2.51. The van der Waals surface area contributed by atoms with Crippen LogP contribution < -0.4 is 5.32 Å². The molecule has 0 saturated heterocycles. The third-order valence-electron chi connectivity index (χ3n) is 4.20. The molecule has 6 nitrogen and oxygen atoms in total. The number of urea groups is 1. The molecule has 0 aromatic heterocycles. The molecule has 0 aromatic rings. The van der Waals surface area contributed by atoms with E-state index < -0.39 is 12.0 Å². The first kappa shape index (κ1) is 19.8. The Morgan fingerprint density at radius 2 is 1.87 bits per heavy atom. The minimum atomic E-state index is -1.05. The Kier molecular flexibility index (Phi) is 9.06.